The molecule has 0 radical (unpaired) electrons. The van der Waals surface area contributed by atoms with Crippen molar-refractivity contribution >= 4 is 27.3 Å². The molecular formula is C12H21BrN2OS. The van der Waals surface area contributed by atoms with E-state index in [9.17, 15) is 5.11 Å². The Labute approximate surface area is 116 Å². The summed E-state index contributed by atoms with van der Waals surface area (Å²) >= 11 is 5.18. The van der Waals surface area contributed by atoms with Gasteiger partial charge in [-0.1, -0.05) is 6.92 Å². The lowest BCUT2D eigenvalue weighted by atomic mass is 10.0. The van der Waals surface area contributed by atoms with Gasteiger partial charge in [-0.25, -0.2) is 0 Å². The lowest BCUT2D eigenvalue weighted by Gasteiger charge is -2.32. The first-order valence-corrected chi connectivity index (χ1v) is 7.50. The van der Waals surface area contributed by atoms with Gasteiger partial charge in [-0.15, -0.1) is 11.3 Å². The molecule has 1 heterocycles. The largest absolute Gasteiger partial charge is 0.392 e. The quantitative estimate of drug-likeness (QED) is 0.847. The minimum atomic E-state index is -0.338. The number of hydrogen-bond donors (Lipinski definition) is 2. The van der Waals surface area contributed by atoms with Gasteiger partial charge < -0.3 is 10.8 Å². The van der Waals surface area contributed by atoms with E-state index in [1.54, 1.807) is 18.3 Å². The molecule has 98 valence electrons. The van der Waals surface area contributed by atoms with Gasteiger partial charge in [0.15, 0.2) is 0 Å². The summed E-state index contributed by atoms with van der Waals surface area (Å²) in [6.45, 7) is 4.53. The molecule has 0 amide bonds. The number of rotatable bonds is 6. The van der Waals surface area contributed by atoms with Crippen LogP contribution < -0.4 is 5.73 Å². The number of nitrogens with two attached hydrogens (primary N) is 1. The minimum Gasteiger partial charge on any atom is -0.392 e. The van der Waals surface area contributed by atoms with Crippen molar-refractivity contribution in [2.45, 2.75) is 38.5 Å². The van der Waals surface area contributed by atoms with Crippen LogP contribution in [0.25, 0.3) is 0 Å². The Morgan fingerprint density at radius 1 is 1.59 bits per heavy atom. The molecule has 0 bridgehead atoms. The maximum atomic E-state index is 9.49. The minimum absolute atomic E-state index is 0.0873. The van der Waals surface area contributed by atoms with Crippen LogP contribution in [0.3, 0.4) is 0 Å². The zero-order valence-electron chi connectivity index (χ0n) is 10.6. The molecule has 0 aromatic carbocycles. The van der Waals surface area contributed by atoms with E-state index < -0.39 is 0 Å². The van der Waals surface area contributed by atoms with Crippen molar-refractivity contribution in [2.75, 3.05) is 13.6 Å². The molecule has 0 aliphatic carbocycles. The first-order chi connectivity index (χ1) is 7.95. The van der Waals surface area contributed by atoms with Crippen molar-refractivity contribution in [1.29, 1.82) is 0 Å². The number of thiophene rings is 1. The smallest absolute Gasteiger partial charge is 0.0639 e. The SMILES string of the molecule is CCC(N)C(c1cc(Br)cs1)N(C)CC(C)O. The van der Waals surface area contributed by atoms with Crippen molar-refractivity contribution in [3.05, 3.63) is 20.8 Å². The second-order valence-electron chi connectivity index (χ2n) is 4.47. The zero-order chi connectivity index (χ0) is 13.0. The molecule has 3 unspecified atom stereocenters. The van der Waals surface area contributed by atoms with E-state index in [0.29, 0.717) is 6.54 Å². The van der Waals surface area contributed by atoms with Gasteiger partial charge in [0, 0.05) is 27.3 Å². The predicted octanol–water partition coefficient (Wildman–Crippen LogP) is 2.60. The maximum absolute atomic E-state index is 9.49. The molecule has 1 aromatic rings. The molecule has 0 saturated heterocycles. The van der Waals surface area contributed by atoms with E-state index >= 15 is 0 Å². The third-order valence-corrected chi connectivity index (χ3v) is 4.55. The Balaban J connectivity index is 2.87. The standard InChI is InChI=1S/C12H21BrN2OS/c1-4-10(14)12(15(3)6-8(2)16)11-5-9(13)7-17-11/h5,7-8,10,12,16H,4,6,14H2,1-3H3. The van der Waals surface area contributed by atoms with Crippen molar-refractivity contribution in [3.8, 4) is 0 Å². The third-order valence-electron chi connectivity index (χ3n) is 2.78. The van der Waals surface area contributed by atoms with Crippen LogP contribution in [0.2, 0.25) is 0 Å². The number of halogens is 1. The first kappa shape index (κ1) is 15.1. The molecule has 3 N–H and O–H groups in total. The number of aliphatic hydroxyl groups is 1. The van der Waals surface area contributed by atoms with E-state index in [0.717, 1.165) is 10.9 Å². The normalized spacial score (nSPS) is 17.1. The summed E-state index contributed by atoms with van der Waals surface area (Å²) in [7, 11) is 2.01. The summed E-state index contributed by atoms with van der Waals surface area (Å²) < 4.78 is 1.09. The summed E-state index contributed by atoms with van der Waals surface area (Å²) in [4.78, 5) is 3.38. The highest BCUT2D eigenvalue weighted by Crippen LogP contribution is 2.31. The van der Waals surface area contributed by atoms with Gasteiger partial charge in [0.1, 0.15) is 0 Å². The highest BCUT2D eigenvalue weighted by atomic mass is 79.9. The molecule has 0 aliphatic rings. The van der Waals surface area contributed by atoms with E-state index in [2.05, 4.69) is 39.2 Å². The zero-order valence-corrected chi connectivity index (χ0v) is 13.0. The summed E-state index contributed by atoms with van der Waals surface area (Å²) in [5, 5.41) is 11.6. The molecular weight excluding hydrogens is 300 g/mol. The Bertz CT molecular complexity index is 343. The molecule has 5 heteroatoms. The van der Waals surface area contributed by atoms with Gasteiger partial charge in [0.25, 0.3) is 0 Å². The monoisotopic (exact) mass is 320 g/mol. The van der Waals surface area contributed by atoms with Gasteiger partial charge in [-0.3, -0.25) is 4.90 Å². The summed E-state index contributed by atoms with van der Waals surface area (Å²) in [5.41, 5.74) is 6.20. The van der Waals surface area contributed by atoms with Gasteiger partial charge in [0.05, 0.1) is 12.1 Å². The lowest BCUT2D eigenvalue weighted by Crippen LogP contribution is -2.41. The number of hydrogen-bond acceptors (Lipinski definition) is 4. The number of likely N-dealkylation sites (N-methyl/N-ethyl adjacent to an activating group) is 1. The Morgan fingerprint density at radius 3 is 2.65 bits per heavy atom. The molecule has 0 aliphatic heterocycles. The van der Waals surface area contributed by atoms with Crippen LogP contribution in [-0.2, 0) is 0 Å². The van der Waals surface area contributed by atoms with Crippen LogP contribution in [0.5, 0.6) is 0 Å². The van der Waals surface area contributed by atoms with Gasteiger partial charge in [0.2, 0.25) is 0 Å². The van der Waals surface area contributed by atoms with Crippen LogP contribution in [0.1, 0.15) is 31.2 Å². The van der Waals surface area contributed by atoms with Crippen molar-refractivity contribution < 1.29 is 5.11 Å². The molecule has 0 fully saturated rings. The highest BCUT2D eigenvalue weighted by Gasteiger charge is 2.25. The van der Waals surface area contributed by atoms with Crippen molar-refractivity contribution in [2.24, 2.45) is 5.73 Å². The number of nitrogens with zero attached hydrogens (tertiary/aromatic N) is 1. The van der Waals surface area contributed by atoms with Gasteiger partial charge in [-0.2, -0.15) is 0 Å². The van der Waals surface area contributed by atoms with Gasteiger partial charge in [-0.05, 0) is 42.4 Å². The highest BCUT2D eigenvalue weighted by molar-refractivity contribution is 9.10. The summed E-state index contributed by atoms with van der Waals surface area (Å²) in [5.74, 6) is 0. The fourth-order valence-electron chi connectivity index (χ4n) is 1.99. The summed E-state index contributed by atoms with van der Waals surface area (Å²) in [6.07, 6.45) is 0.583. The van der Waals surface area contributed by atoms with Crippen LogP contribution in [0.4, 0.5) is 0 Å². The average Bonchev–Trinajstić information content (AvgIpc) is 2.63. The van der Waals surface area contributed by atoms with E-state index in [-0.39, 0.29) is 18.2 Å². The molecule has 1 aromatic heterocycles. The summed E-state index contributed by atoms with van der Waals surface area (Å²) in [6, 6.07) is 2.37. The fraction of sp³-hybridized carbons (Fsp3) is 0.667. The van der Waals surface area contributed by atoms with Crippen LogP contribution >= 0.6 is 27.3 Å². The molecule has 3 nitrogen and oxygen atoms in total. The second-order valence-corrected chi connectivity index (χ2v) is 6.33. The Hall–Kier alpha value is 0.0600. The lowest BCUT2D eigenvalue weighted by molar-refractivity contribution is 0.108. The van der Waals surface area contributed by atoms with E-state index in [1.807, 2.05) is 7.05 Å². The van der Waals surface area contributed by atoms with Crippen LogP contribution in [-0.4, -0.2) is 35.7 Å². The maximum Gasteiger partial charge on any atom is 0.0639 e. The third kappa shape index (κ3) is 4.34. The van der Waals surface area contributed by atoms with Gasteiger partial charge >= 0.3 is 0 Å². The van der Waals surface area contributed by atoms with E-state index in [4.69, 9.17) is 5.73 Å². The predicted molar refractivity (Wildman–Crippen MR) is 77.3 cm³/mol. The topological polar surface area (TPSA) is 49.5 Å². The molecule has 0 spiro atoms. The number of aliphatic hydroxyl groups excluding tert-OH is 1. The van der Waals surface area contributed by atoms with Crippen LogP contribution in [0.15, 0.2) is 15.9 Å². The molecule has 1 rings (SSSR count). The molecule has 17 heavy (non-hydrogen) atoms. The first-order valence-electron chi connectivity index (χ1n) is 5.83. The molecule has 3 atom stereocenters. The second kappa shape index (κ2) is 6.85. The fourth-order valence-corrected chi connectivity index (χ4v) is 3.68. The van der Waals surface area contributed by atoms with Crippen molar-refractivity contribution in [3.63, 3.8) is 0 Å². The van der Waals surface area contributed by atoms with Crippen molar-refractivity contribution in [1.82, 2.24) is 4.90 Å². The Kier molecular flexibility index (Phi) is 6.09. The average molecular weight is 321 g/mol. The van der Waals surface area contributed by atoms with Crippen LogP contribution in [0, 0.1) is 0 Å². The van der Waals surface area contributed by atoms with E-state index in [1.165, 1.54) is 4.88 Å². The molecule has 0 saturated carbocycles. The Morgan fingerprint density at radius 2 is 2.24 bits per heavy atom.